The quantitative estimate of drug-likeness (QED) is 0.823. The Morgan fingerprint density at radius 3 is 2.32 bits per heavy atom. The van der Waals surface area contributed by atoms with Gasteiger partial charge in [0.2, 0.25) is 5.91 Å². The highest BCUT2D eigenvalue weighted by molar-refractivity contribution is 5.98. The van der Waals surface area contributed by atoms with Crippen LogP contribution in [0.15, 0.2) is 54.6 Å². The number of carbonyl (C=O) groups is 2. The van der Waals surface area contributed by atoms with Crippen molar-refractivity contribution in [3.8, 4) is 11.1 Å². The Balaban J connectivity index is 1.57. The lowest BCUT2D eigenvalue weighted by Crippen LogP contribution is -2.37. The van der Waals surface area contributed by atoms with E-state index in [4.69, 9.17) is 0 Å². The second-order valence-corrected chi connectivity index (χ2v) is 6.43. The Hall–Kier alpha value is -2.46. The van der Waals surface area contributed by atoms with Crippen molar-refractivity contribution in [2.24, 2.45) is 0 Å². The fraction of sp³-hybridized carbons (Fsp3) is 0.333. The van der Waals surface area contributed by atoms with E-state index in [1.165, 1.54) is 0 Å². The van der Waals surface area contributed by atoms with Gasteiger partial charge in [-0.1, -0.05) is 54.6 Å². The zero-order valence-corrected chi connectivity index (χ0v) is 14.2. The summed E-state index contributed by atoms with van der Waals surface area (Å²) in [4.78, 5) is 26.3. The number of hydrogen-bond acceptors (Lipinski definition) is 3. The van der Waals surface area contributed by atoms with Crippen LogP contribution < -0.4 is 0 Å². The van der Waals surface area contributed by atoms with E-state index in [1.807, 2.05) is 54.6 Å². The molecule has 1 N–H and O–H groups in total. The molecule has 1 aliphatic heterocycles. The zero-order chi connectivity index (χ0) is 17.6. The molecule has 0 radical (unpaired) electrons. The minimum absolute atomic E-state index is 0.000629. The van der Waals surface area contributed by atoms with Gasteiger partial charge in [-0.2, -0.15) is 0 Å². The summed E-state index contributed by atoms with van der Waals surface area (Å²) in [6.07, 6.45) is 2.18. The molecule has 1 heterocycles. The number of aliphatic hydroxyl groups is 1. The van der Waals surface area contributed by atoms with E-state index in [0.29, 0.717) is 12.1 Å². The van der Waals surface area contributed by atoms with E-state index in [1.54, 1.807) is 4.90 Å². The molecule has 25 heavy (non-hydrogen) atoms. The third kappa shape index (κ3) is 4.15. The number of likely N-dealkylation sites (tertiary alicyclic amines) is 1. The first-order chi connectivity index (χ1) is 12.2. The van der Waals surface area contributed by atoms with Crippen LogP contribution in [0.3, 0.4) is 0 Å². The first-order valence-electron chi connectivity index (χ1n) is 8.78. The fourth-order valence-corrected chi connectivity index (χ4v) is 3.34. The second kappa shape index (κ2) is 8.08. The molecule has 1 amide bonds. The summed E-state index contributed by atoms with van der Waals surface area (Å²) >= 11 is 0. The van der Waals surface area contributed by atoms with Crippen molar-refractivity contribution >= 4 is 11.7 Å². The molecule has 4 heteroatoms. The van der Waals surface area contributed by atoms with Gasteiger partial charge < -0.3 is 10.0 Å². The van der Waals surface area contributed by atoms with E-state index in [0.717, 1.165) is 24.0 Å². The molecule has 1 fully saturated rings. The van der Waals surface area contributed by atoms with Gasteiger partial charge in [0.15, 0.2) is 5.78 Å². The van der Waals surface area contributed by atoms with Crippen molar-refractivity contribution in [3.05, 3.63) is 60.2 Å². The van der Waals surface area contributed by atoms with Gasteiger partial charge in [-0.3, -0.25) is 9.59 Å². The monoisotopic (exact) mass is 337 g/mol. The van der Waals surface area contributed by atoms with Crippen molar-refractivity contribution in [1.82, 2.24) is 4.90 Å². The third-order valence-electron chi connectivity index (χ3n) is 4.79. The molecule has 2 aromatic carbocycles. The summed E-state index contributed by atoms with van der Waals surface area (Å²) in [5.74, 6) is -0.0569. The third-order valence-corrected chi connectivity index (χ3v) is 4.79. The van der Waals surface area contributed by atoms with Crippen LogP contribution in [0.5, 0.6) is 0 Å². The molecule has 1 aliphatic rings. The van der Waals surface area contributed by atoms with Gasteiger partial charge in [-0.15, -0.1) is 0 Å². The summed E-state index contributed by atoms with van der Waals surface area (Å²) in [5.41, 5.74) is 2.81. The van der Waals surface area contributed by atoms with Gasteiger partial charge in [0.25, 0.3) is 0 Å². The maximum absolute atomic E-state index is 12.3. The lowest BCUT2D eigenvalue weighted by molar-refractivity contribution is -0.132. The number of carbonyl (C=O) groups excluding carboxylic acids is 2. The van der Waals surface area contributed by atoms with Gasteiger partial charge in [-0.25, -0.2) is 0 Å². The number of benzene rings is 2. The van der Waals surface area contributed by atoms with Gasteiger partial charge in [-0.05, 0) is 24.0 Å². The molecule has 1 atom stereocenters. The molecule has 0 unspecified atom stereocenters. The highest BCUT2D eigenvalue weighted by atomic mass is 16.3. The number of hydrogen-bond donors (Lipinski definition) is 1. The van der Waals surface area contributed by atoms with Gasteiger partial charge in [0.05, 0.1) is 12.6 Å². The molecule has 4 nitrogen and oxygen atoms in total. The standard InChI is InChI=1S/C21H23NO3/c23-15-19-7-4-14-22(19)21(25)13-12-20(24)18-10-8-17(9-11-18)16-5-2-1-3-6-16/h1-3,5-6,8-11,19,23H,4,7,12-15H2/t19-/m1/s1. The first-order valence-corrected chi connectivity index (χ1v) is 8.78. The van der Waals surface area contributed by atoms with E-state index in [9.17, 15) is 14.7 Å². The smallest absolute Gasteiger partial charge is 0.223 e. The Morgan fingerprint density at radius 1 is 0.960 bits per heavy atom. The summed E-state index contributed by atoms with van der Waals surface area (Å²) < 4.78 is 0. The lowest BCUT2D eigenvalue weighted by Gasteiger charge is -2.22. The number of amides is 1. The van der Waals surface area contributed by atoms with Crippen LogP contribution in [0.1, 0.15) is 36.0 Å². The average molecular weight is 337 g/mol. The molecule has 0 saturated carbocycles. The van der Waals surface area contributed by atoms with E-state index >= 15 is 0 Å². The largest absolute Gasteiger partial charge is 0.394 e. The van der Waals surface area contributed by atoms with Crippen molar-refractivity contribution in [1.29, 1.82) is 0 Å². The number of rotatable bonds is 6. The molecular weight excluding hydrogens is 314 g/mol. The number of Topliss-reactive ketones (excluding diaryl/α,β-unsaturated/α-hetero) is 1. The summed E-state index contributed by atoms with van der Waals surface area (Å²) in [6, 6.07) is 17.4. The Bertz CT molecular complexity index is 725. The van der Waals surface area contributed by atoms with Crippen molar-refractivity contribution < 1.29 is 14.7 Å². The minimum atomic E-state index is -0.0762. The Morgan fingerprint density at radius 2 is 1.64 bits per heavy atom. The van der Waals surface area contributed by atoms with Crippen molar-refractivity contribution in [2.45, 2.75) is 31.7 Å². The molecule has 0 bridgehead atoms. The van der Waals surface area contributed by atoms with Crippen LogP contribution in [0.2, 0.25) is 0 Å². The van der Waals surface area contributed by atoms with Crippen LogP contribution in [0.25, 0.3) is 11.1 Å². The fourth-order valence-electron chi connectivity index (χ4n) is 3.34. The van der Waals surface area contributed by atoms with Crippen molar-refractivity contribution in [2.75, 3.05) is 13.2 Å². The van der Waals surface area contributed by atoms with Gasteiger partial charge in [0.1, 0.15) is 0 Å². The number of ketones is 1. The Labute approximate surface area is 148 Å². The first kappa shape index (κ1) is 17.4. The van der Waals surface area contributed by atoms with E-state index < -0.39 is 0 Å². The molecular formula is C21H23NO3. The molecule has 1 saturated heterocycles. The number of aliphatic hydroxyl groups excluding tert-OH is 1. The van der Waals surface area contributed by atoms with Gasteiger partial charge in [0, 0.05) is 24.9 Å². The van der Waals surface area contributed by atoms with E-state index in [2.05, 4.69) is 0 Å². The highest BCUT2D eigenvalue weighted by Crippen LogP contribution is 2.21. The van der Waals surface area contributed by atoms with Crippen LogP contribution in [-0.2, 0) is 4.79 Å². The van der Waals surface area contributed by atoms with E-state index in [-0.39, 0.29) is 37.2 Å². The Kier molecular flexibility index (Phi) is 5.61. The normalized spacial score (nSPS) is 16.8. The minimum Gasteiger partial charge on any atom is -0.394 e. The lowest BCUT2D eigenvalue weighted by atomic mass is 10.0. The molecule has 3 rings (SSSR count). The van der Waals surface area contributed by atoms with Crippen LogP contribution >= 0.6 is 0 Å². The summed E-state index contributed by atoms with van der Waals surface area (Å²) in [6.45, 7) is 0.685. The maximum Gasteiger partial charge on any atom is 0.223 e. The topological polar surface area (TPSA) is 57.6 Å². The van der Waals surface area contributed by atoms with Crippen LogP contribution in [0, 0.1) is 0 Å². The predicted molar refractivity (Wildman–Crippen MR) is 97.3 cm³/mol. The summed E-state index contributed by atoms with van der Waals surface area (Å²) in [7, 11) is 0. The van der Waals surface area contributed by atoms with Gasteiger partial charge >= 0.3 is 0 Å². The highest BCUT2D eigenvalue weighted by Gasteiger charge is 2.27. The molecule has 0 aromatic heterocycles. The SMILES string of the molecule is O=C(CCC(=O)N1CCC[C@@H]1CO)c1ccc(-c2ccccc2)cc1. The average Bonchev–Trinajstić information content (AvgIpc) is 3.15. The van der Waals surface area contributed by atoms with Crippen molar-refractivity contribution in [3.63, 3.8) is 0 Å². The zero-order valence-electron chi connectivity index (χ0n) is 14.2. The molecule has 0 spiro atoms. The maximum atomic E-state index is 12.3. The molecule has 0 aliphatic carbocycles. The summed E-state index contributed by atoms with van der Waals surface area (Å²) in [5, 5.41) is 9.30. The number of nitrogens with zero attached hydrogens (tertiary/aromatic N) is 1. The van der Waals surface area contributed by atoms with Crippen LogP contribution in [0.4, 0.5) is 0 Å². The van der Waals surface area contributed by atoms with Crippen LogP contribution in [-0.4, -0.2) is 40.9 Å². The molecule has 130 valence electrons. The predicted octanol–water partition coefficient (Wildman–Crippen LogP) is 3.30. The second-order valence-electron chi connectivity index (χ2n) is 6.43. The molecule has 2 aromatic rings.